The van der Waals surface area contributed by atoms with Crippen molar-refractivity contribution < 1.29 is 9.90 Å². The summed E-state index contributed by atoms with van der Waals surface area (Å²) in [6.45, 7) is 1.59. The number of nitrogens with zero attached hydrogens (tertiary/aromatic N) is 2. The molecule has 0 unspecified atom stereocenters. The number of benzene rings is 1. The Hall–Kier alpha value is -2.34. The lowest BCUT2D eigenvalue weighted by Crippen LogP contribution is -2.35. The van der Waals surface area contributed by atoms with Gasteiger partial charge in [-0.1, -0.05) is 6.07 Å². The van der Waals surface area contributed by atoms with Gasteiger partial charge in [0.25, 0.3) is 5.91 Å². The number of H-pyrrole nitrogens is 1. The van der Waals surface area contributed by atoms with Crippen molar-refractivity contribution >= 4 is 28.3 Å². The molecule has 23 heavy (non-hydrogen) atoms. The number of rotatable bonds is 2. The van der Waals surface area contributed by atoms with Crippen LogP contribution in [0.25, 0.3) is 21.7 Å². The Bertz CT molecular complexity index is 848. The van der Waals surface area contributed by atoms with E-state index < -0.39 is 0 Å². The molecule has 0 aliphatic carbocycles. The van der Waals surface area contributed by atoms with Crippen LogP contribution in [0, 0.1) is 0 Å². The van der Waals surface area contributed by atoms with E-state index in [4.69, 9.17) is 0 Å². The second-order valence-corrected chi connectivity index (χ2v) is 6.72. The van der Waals surface area contributed by atoms with Crippen LogP contribution in [0.2, 0.25) is 0 Å². The van der Waals surface area contributed by atoms with Gasteiger partial charge in [0.15, 0.2) is 0 Å². The van der Waals surface area contributed by atoms with Crippen LogP contribution in [0.3, 0.4) is 0 Å². The van der Waals surface area contributed by atoms with Gasteiger partial charge in [-0.15, -0.1) is 11.3 Å². The number of carbonyl (C=O) groups is 1. The van der Waals surface area contributed by atoms with Crippen molar-refractivity contribution in [2.24, 2.45) is 0 Å². The van der Waals surface area contributed by atoms with Crippen molar-refractivity contribution in [3.8, 4) is 16.5 Å². The van der Waals surface area contributed by atoms with Crippen LogP contribution >= 0.6 is 11.3 Å². The van der Waals surface area contributed by atoms with E-state index in [2.05, 4.69) is 9.97 Å². The first-order chi connectivity index (χ1) is 11.2. The molecule has 1 aliphatic rings. The molecule has 0 atom stereocenters. The summed E-state index contributed by atoms with van der Waals surface area (Å²) >= 11 is 1.57. The number of aromatic nitrogens is 2. The SMILES string of the molecule is O=C(c1ccc(O)c2[nH]c(-c3cccs3)nc12)N1CCCCC1. The molecule has 0 saturated carbocycles. The van der Waals surface area contributed by atoms with Crippen molar-refractivity contribution in [3.05, 3.63) is 35.2 Å². The van der Waals surface area contributed by atoms with Crippen LogP contribution < -0.4 is 0 Å². The predicted octanol–water partition coefficient (Wildman–Crippen LogP) is 3.62. The first kappa shape index (κ1) is 14.3. The summed E-state index contributed by atoms with van der Waals surface area (Å²) in [4.78, 5) is 23.4. The van der Waals surface area contributed by atoms with Crippen molar-refractivity contribution in [2.45, 2.75) is 19.3 Å². The monoisotopic (exact) mass is 327 g/mol. The Balaban J connectivity index is 1.80. The van der Waals surface area contributed by atoms with Crippen LogP contribution in [0.1, 0.15) is 29.6 Å². The molecule has 0 spiro atoms. The van der Waals surface area contributed by atoms with Gasteiger partial charge < -0.3 is 15.0 Å². The Kier molecular flexibility index (Phi) is 3.53. The number of hydrogen-bond donors (Lipinski definition) is 2. The Morgan fingerprint density at radius 1 is 1.22 bits per heavy atom. The number of carbonyl (C=O) groups excluding carboxylic acids is 1. The number of piperidine rings is 1. The molecule has 0 bridgehead atoms. The molecule has 3 aromatic rings. The quantitative estimate of drug-likeness (QED) is 0.755. The molecular formula is C17H17N3O2S. The van der Waals surface area contributed by atoms with Crippen LogP contribution in [0.4, 0.5) is 0 Å². The topological polar surface area (TPSA) is 69.2 Å². The lowest BCUT2D eigenvalue weighted by molar-refractivity contribution is 0.0726. The second-order valence-electron chi connectivity index (χ2n) is 5.77. The molecule has 1 aliphatic heterocycles. The lowest BCUT2D eigenvalue weighted by Gasteiger charge is -2.26. The number of thiophene rings is 1. The molecular weight excluding hydrogens is 310 g/mol. The molecule has 1 saturated heterocycles. The van der Waals surface area contributed by atoms with Gasteiger partial charge in [0.2, 0.25) is 0 Å². The minimum atomic E-state index is -0.000991. The average Bonchev–Trinajstić information content (AvgIpc) is 3.25. The molecule has 1 amide bonds. The van der Waals surface area contributed by atoms with Gasteiger partial charge in [-0.25, -0.2) is 4.98 Å². The summed E-state index contributed by atoms with van der Waals surface area (Å²) in [5.41, 5.74) is 1.62. The zero-order valence-corrected chi connectivity index (χ0v) is 13.4. The fraction of sp³-hybridized carbons (Fsp3) is 0.294. The summed E-state index contributed by atoms with van der Waals surface area (Å²) < 4.78 is 0. The van der Waals surface area contributed by atoms with E-state index in [1.165, 1.54) is 6.42 Å². The lowest BCUT2D eigenvalue weighted by atomic mass is 10.1. The van der Waals surface area contributed by atoms with Gasteiger partial charge in [0, 0.05) is 13.1 Å². The zero-order valence-electron chi connectivity index (χ0n) is 12.6. The summed E-state index contributed by atoms with van der Waals surface area (Å²) in [7, 11) is 0. The average molecular weight is 327 g/mol. The highest BCUT2D eigenvalue weighted by molar-refractivity contribution is 7.13. The maximum absolute atomic E-state index is 12.8. The third-order valence-electron chi connectivity index (χ3n) is 4.25. The van der Waals surface area contributed by atoms with Crippen LogP contribution in [0.5, 0.6) is 5.75 Å². The van der Waals surface area contributed by atoms with Gasteiger partial charge >= 0.3 is 0 Å². The highest BCUT2D eigenvalue weighted by atomic mass is 32.1. The standard InChI is InChI=1S/C17H17N3O2S/c21-12-7-6-11(17(22)20-8-2-1-3-9-20)14-15(12)19-16(18-14)13-5-4-10-23-13/h4-7,10,21H,1-3,8-9H2,(H,18,19). The van der Waals surface area contributed by atoms with Gasteiger partial charge in [-0.05, 0) is 42.8 Å². The number of likely N-dealkylation sites (tertiary alicyclic amines) is 1. The number of aromatic hydroxyl groups is 1. The highest BCUT2D eigenvalue weighted by Gasteiger charge is 2.23. The summed E-state index contributed by atoms with van der Waals surface area (Å²) in [6.07, 6.45) is 3.28. The van der Waals surface area contributed by atoms with Gasteiger partial charge in [-0.3, -0.25) is 4.79 Å². The number of phenolic OH excluding ortho intramolecular Hbond substituents is 1. The smallest absolute Gasteiger partial charge is 0.256 e. The molecule has 2 N–H and O–H groups in total. The van der Waals surface area contributed by atoms with Crippen molar-refractivity contribution in [3.63, 3.8) is 0 Å². The molecule has 1 fully saturated rings. The number of nitrogens with one attached hydrogen (secondary N) is 1. The number of imidazole rings is 1. The number of phenols is 1. The largest absolute Gasteiger partial charge is 0.506 e. The van der Waals surface area contributed by atoms with Gasteiger partial charge in [0.05, 0.1) is 10.4 Å². The van der Waals surface area contributed by atoms with E-state index in [-0.39, 0.29) is 11.7 Å². The first-order valence-corrected chi connectivity index (χ1v) is 8.67. The first-order valence-electron chi connectivity index (χ1n) is 7.79. The van der Waals surface area contributed by atoms with E-state index >= 15 is 0 Å². The third-order valence-corrected chi connectivity index (χ3v) is 5.13. The molecule has 3 heterocycles. The highest BCUT2D eigenvalue weighted by Crippen LogP contribution is 2.31. The fourth-order valence-corrected chi connectivity index (χ4v) is 3.72. The Labute approximate surface area is 137 Å². The maximum Gasteiger partial charge on any atom is 0.256 e. The second kappa shape index (κ2) is 5.70. The fourth-order valence-electron chi connectivity index (χ4n) is 3.05. The normalized spacial score (nSPS) is 15.2. The maximum atomic E-state index is 12.8. The van der Waals surface area contributed by atoms with Gasteiger partial charge in [-0.2, -0.15) is 0 Å². The predicted molar refractivity (Wildman–Crippen MR) is 90.8 cm³/mol. The molecule has 0 radical (unpaired) electrons. The van der Waals surface area contributed by atoms with E-state index in [1.807, 2.05) is 22.4 Å². The van der Waals surface area contributed by atoms with Crippen molar-refractivity contribution in [1.29, 1.82) is 0 Å². The number of aromatic amines is 1. The molecule has 5 nitrogen and oxygen atoms in total. The van der Waals surface area contributed by atoms with Crippen molar-refractivity contribution in [2.75, 3.05) is 13.1 Å². The number of hydrogen-bond acceptors (Lipinski definition) is 4. The Morgan fingerprint density at radius 3 is 2.78 bits per heavy atom. The van der Waals surface area contributed by atoms with E-state index in [0.29, 0.717) is 22.4 Å². The van der Waals surface area contributed by atoms with Crippen LogP contribution in [-0.4, -0.2) is 39.0 Å². The number of fused-ring (bicyclic) bond motifs is 1. The van der Waals surface area contributed by atoms with E-state index in [9.17, 15) is 9.90 Å². The minimum Gasteiger partial charge on any atom is -0.506 e. The minimum absolute atomic E-state index is 0.000991. The molecule has 118 valence electrons. The van der Waals surface area contributed by atoms with Crippen LogP contribution in [-0.2, 0) is 0 Å². The van der Waals surface area contributed by atoms with E-state index in [0.717, 1.165) is 30.8 Å². The summed E-state index contributed by atoms with van der Waals surface area (Å²) in [5, 5.41) is 12.1. The molecule has 6 heteroatoms. The molecule has 1 aromatic carbocycles. The summed E-state index contributed by atoms with van der Waals surface area (Å²) in [6, 6.07) is 7.15. The van der Waals surface area contributed by atoms with E-state index in [1.54, 1.807) is 23.5 Å². The number of amides is 1. The zero-order chi connectivity index (χ0) is 15.8. The molecule has 4 rings (SSSR count). The van der Waals surface area contributed by atoms with Crippen molar-refractivity contribution in [1.82, 2.24) is 14.9 Å². The van der Waals surface area contributed by atoms with Gasteiger partial charge in [0.1, 0.15) is 22.6 Å². The molecule has 2 aromatic heterocycles. The van der Waals surface area contributed by atoms with Crippen LogP contribution in [0.15, 0.2) is 29.6 Å². The Morgan fingerprint density at radius 2 is 2.04 bits per heavy atom. The third kappa shape index (κ3) is 2.49. The summed E-state index contributed by atoms with van der Waals surface area (Å²) in [5.74, 6) is 0.800.